The number of aromatic nitrogens is 2. The summed E-state index contributed by atoms with van der Waals surface area (Å²) < 4.78 is 116. The lowest BCUT2D eigenvalue weighted by atomic mass is 9.81. The van der Waals surface area contributed by atoms with Gasteiger partial charge in [0.05, 0.1) is 87.4 Å². The highest BCUT2D eigenvalue weighted by atomic mass is 35.5. The summed E-state index contributed by atoms with van der Waals surface area (Å²) in [5, 5.41) is 14.8. The predicted octanol–water partition coefficient (Wildman–Crippen LogP) is 11.8. The average Bonchev–Trinajstić information content (AvgIpc) is 1.59. The summed E-state index contributed by atoms with van der Waals surface area (Å²) in [6.07, 6.45) is 4.94. The SMILES string of the molecule is CCCCOC(=O)[C@@H](C)Oc1ccc(Oc2ccc(C#N)cc2F)cc1.CCOC(=O)C1=NOC(c2ccccc2)(c2ccccc2)C1.CCOc1ccccc1OS(=O)(=O)NC(=O)Nc1nc(OC)cc(OC)n1.CS(=O)(=O)c1ccc(C(=O)C2C(=O)CCCC2=O)c(Cl)c1COCC1CCCO1. The van der Waals surface area contributed by atoms with Crippen molar-refractivity contribution in [3.05, 3.63) is 184 Å². The zero-order chi connectivity index (χ0) is 75.4. The molecule has 104 heavy (non-hydrogen) atoms. The van der Waals surface area contributed by atoms with E-state index in [0.29, 0.717) is 56.5 Å². The van der Waals surface area contributed by atoms with Crippen LogP contribution in [0.5, 0.6) is 40.5 Å². The minimum atomic E-state index is -4.49. The molecule has 1 unspecified atom stereocenters. The zero-order valence-electron chi connectivity index (χ0n) is 57.9. The van der Waals surface area contributed by atoms with E-state index in [-0.39, 0.29) is 93.7 Å². The van der Waals surface area contributed by atoms with Crippen LogP contribution >= 0.6 is 11.6 Å². The number of Topliss-reactive ketones (excluding diaryl/α,β-unsaturated/α-hetero) is 3. The lowest BCUT2D eigenvalue weighted by Gasteiger charge is -2.27. The first-order valence-corrected chi connectivity index (χ1v) is 36.4. The zero-order valence-corrected chi connectivity index (χ0v) is 60.3. The number of sulfone groups is 1. The summed E-state index contributed by atoms with van der Waals surface area (Å²) in [5.74, 6) is -3.33. The fourth-order valence-corrected chi connectivity index (χ4v) is 12.2. The van der Waals surface area contributed by atoms with E-state index in [0.717, 1.165) is 49.1 Å². The first-order valence-electron chi connectivity index (χ1n) is 32.7. The molecule has 0 spiro atoms. The van der Waals surface area contributed by atoms with Crippen molar-refractivity contribution in [3.63, 3.8) is 0 Å². The molecule has 1 aliphatic carbocycles. The molecular weight excluding hydrogens is 1420 g/mol. The van der Waals surface area contributed by atoms with Crippen LogP contribution in [0.4, 0.5) is 15.1 Å². The standard InChI is InChI=1S/C20H23ClO7S.C20H20FNO4.C18H17NO3.C15H18N4O7S/c1-29(25,26)17-8-7-13(20(24)18-15(22)5-2-6-16(18)23)19(21)14(17)11-27-10-12-4-3-9-28-12;1-3-4-11-24-20(23)14(2)25-16-6-8-17(9-7-16)26-19-10-5-15(13-22)12-18(19)21;1-2-21-17(20)16-13-18(22-19-16,14-9-5-3-6-10-14)15-11-7-4-8-12-15;1-4-25-10-7-5-6-8-11(10)26-27(21,22)19-15(20)18-14-16-12(23-2)9-13(17-14)24-3/h7-8,12,18H,2-6,9-11H2,1H3;5-10,12,14H,3-4,11H2,1-2H3;3-12H,2,13H2,1H3;5-9H,4H2,1-3H3,(H2,16,17,18,19,20)/t;14-;;/m.1../s1. The number of unbranched alkanes of at least 4 members (excludes halogenated alkanes) is 1. The van der Waals surface area contributed by atoms with Crippen molar-refractivity contribution >= 4 is 78.7 Å². The second-order valence-electron chi connectivity index (χ2n) is 22.9. The number of amides is 2. The number of urea groups is 1. The molecular formula is C73H78ClFN6O21S2. The number of hydrogen-bond donors (Lipinski definition) is 2. The molecule has 1 aromatic heterocycles. The topological polar surface area (TPSA) is 358 Å². The van der Waals surface area contributed by atoms with E-state index in [1.54, 1.807) is 61.9 Å². The van der Waals surface area contributed by atoms with E-state index >= 15 is 0 Å². The molecule has 0 bridgehead atoms. The number of ether oxygens (including phenoxy) is 9. The summed E-state index contributed by atoms with van der Waals surface area (Å²) >= 11 is 6.41. The summed E-state index contributed by atoms with van der Waals surface area (Å²) in [7, 11) is -5.40. The fraction of sp³-hybridized carbons (Fsp3) is 0.342. The van der Waals surface area contributed by atoms with Gasteiger partial charge in [-0.15, -0.1) is 0 Å². The van der Waals surface area contributed by atoms with Crippen molar-refractivity contribution < 1.29 is 102 Å². The van der Waals surface area contributed by atoms with Crippen LogP contribution in [-0.4, -0.2) is 134 Å². The highest BCUT2D eigenvalue weighted by Gasteiger charge is 2.45. The predicted molar refractivity (Wildman–Crippen MR) is 376 cm³/mol. The highest BCUT2D eigenvalue weighted by molar-refractivity contribution is 7.90. The number of methoxy groups -OCH3 is 2. The molecule has 3 aliphatic rings. The molecule has 31 heteroatoms. The number of anilines is 1. The van der Waals surface area contributed by atoms with Crippen molar-refractivity contribution in [2.24, 2.45) is 11.1 Å². The molecule has 6 aromatic carbocycles. The van der Waals surface area contributed by atoms with E-state index < -0.39 is 78.9 Å². The molecule has 2 N–H and O–H groups in total. The molecule has 2 fully saturated rings. The molecule has 2 amide bonds. The number of hydrogen-bond acceptors (Lipinski definition) is 25. The first kappa shape index (κ1) is 80.7. The minimum absolute atomic E-state index is 0.0190. The number of oxime groups is 1. The van der Waals surface area contributed by atoms with Crippen LogP contribution in [0.3, 0.4) is 0 Å². The third-order valence-corrected chi connectivity index (χ3v) is 17.7. The van der Waals surface area contributed by atoms with E-state index in [9.17, 15) is 50.0 Å². The number of para-hydroxylation sites is 2. The number of nitriles is 1. The van der Waals surface area contributed by atoms with Gasteiger partial charge < -0.3 is 51.7 Å². The lowest BCUT2D eigenvalue weighted by Crippen LogP contribution is -2.37. The Bertz CT molecular complexity index is 4350. The van der Waals surface area contributed by atoms with Crippen LogP contribution in [0.25, 0.3) is 0 Å². The largest absolute Gasteiger partial charge is 0.490 e. The van der Waals surface area contributed by atoms with Gasteiger partial charge in [0.25, 0.3) is 0 Å². The number of carbonyl (C=O) groups excluding carboxylic acids is 6. The third kappa shape index (κ3) is 23.2. The second-order valence-corrected chi connectivity index (χ2v) is 26.5. The Labute approximate surface area is 606 Å². The van der Waals surface area contributed by atoms with E-state index in [4.69, 9.17) is 68.5 Å². The Kier molecular flexibility index (Phi) is 30.4. The van der Waals surface area contributed by atoms with Gasteiger partial charge in [0, 0.05) is 48.0 Å². The number of rotatable bonds is 27. The maximum Gasteiger partial charge on any atom is 0.411 e. The number of ketones is 3. The van der Waals surface area contributed by atoms with Crippen LogP contribution in [-0.2, 0) is 75.3 Å². The van der Waals surface area contributed by atoms with Crippen LogP contribution in [0.15, 0.2) is 156 Å². The molecule has 2 atom stereocenters. The average molecular weight is 1490 g/mol. The summed E-state index contributed by atoms with van der Waals surface area (Å²) in [6.45, 7) is 8.96. The van der Waals surface area contributed by atoms with E-state index in [2.05, 4.69) is 20.4 Å². The van der Waals surface area contributed by atoms with E-state index in [1.807, 2.05) is 73.7 Å². The highest BCUT2D eigenvalue weighted by Crippen LogP contribution is 2.42. The van der Waals surface area contributed by atoms with Gasteiger partial charge in [0.2, 0.25) is 17.7 Å². The van der Waals surface area contributed by atoms with Crippen molar-refractivity contribution in [3.8, 4) is 46.6 Å². The number of benzene rings is 6. The molecule has 7 aromatic rings. The van der Waals surface area contributed by atoms with Gasteiger partial charge in [-0.2, -0.15) is 23.6 Å². The van der Waals surface area contributed by atoms with Gasteiger partial charge in [0.15, 0.2) is 67.7 Å². The van der Waals surface area contributed by atoms with Crippen LogP contribution in [0, 0.1) is 23.1 Å². The summed E-state index contributed by atoms with van der Waals surface area (Å²) in [5.41, 5.74) is 1.79. The quantitative estimate of drug-likeness (QED) is 0.0209. The fourth-order valence-electron chi connectivity index (χ4n) is 10.2. The molecule has 2 aliphatic heterocycles. The van der Waals surface area contributed by atoms with Gasteiger partial charge in [-0.3, -0.25) is 19.7 Å². The van der Waals surface area contributed by atoms with Gasteiger partial charge >= 0.3 is 28.3 Å². The molecule has 27 nitrogen and oxygen atoms in total. The normalized spacial score (nSPS) is 14.8. The first-order chi connectivity index (χ1) is 49.8. The Morgan fingerprint density at radius 3 is 1.96 bits per heavy atom. The van der Waals surface area contributed by atoms with Gasteiger partial charge in [0.1, 0.15) is 17.4 Å². The molecule has 10 rings (SSSR count). The van der Waals surface area contributed by atoms with Crippen LogP contribution in [0.1, 0.15) is 112 Å². The second kappa shape index (κ2) is 39.2. The van der Waals surface area contributed by atoms with Gasteiger partial charge in [-0.05, 0) is 113 Å². The summed E-state index contributed by atoms with van der Waals surface area (Å²) in [6, 6.07) is 40.8. The van der Waals surface area contributed by atoms with Gasteiger partial charge in [-0.25, -0.2) is 31.9 Å². The molecule has 0 radical (unpaired) electrons. The van der Waals surface area contributed by atoms with Crippen molar-refractivity contribution in [1.29, 1.82) is 5.26 Å². The minimum Gasteiger partial charge on any atom is -0.490 e. The number of esters is 2. The number of carbonyl (C=O) groups is 6. The van der Waals surface area contributed by atoms with E-state index in [1.165, 1.54) is 56.7 Å². The molecule has 1 saturated heterocycles. The maximum atomic E-state index is 13.8. The van der Waals surface area contributed by atoms with Crippen LogP contribution < -0.4 is 37.9 Å². The monoisotopic (exact) mass is 1490 g/mol. The van der Waals surface area contributed by atoms with Crippen LogP contribution in [0.2, 0.25) is 5.02 Å². The molecule has 552 valence electrons. The maximum absolute atomic E-state index is 13.8. The lowest BCUT2D eigenvalue weighted by molar-refractivity contribution is -0.151. The van der Waals surface area contributed by atoms with Crippen molar-refractivity contribution in [2.75, 3.05) is 58.8 Å². The number of nitrogens with one attached hydrogen (secondary N) is 2. The summed E-state index contributed by atoms with van der Waals surface area (Å²) in [4.78, 5) is 86.3. The van der Waals surface area contributed by atoms with Gasteiger partial charge in [-0.1, -0.05) is 103 Å². The van der Waals surface area contributed by atoms with Crippen molar-refractivity contribution in [1.82, 2.24) is 14.7 Å². The third-order valence-electron chi connectivity index (χ3n) is 15.3. The Balaban J connectivity index is 0.000000195. The van der Waals surface area contributed by atoms with Crippen molar-refractivity contribution in [2.45, 2.75) is 108 Å². The Hall–Kier alpha value is -10.6. The number of nitrogens with zero attached hydrogens (tertiary/aromatic N) is 4. The molecule has 1 saturated carbocycles. The Morgan fingerprint density at radius 2 is 1.39 bits per heavy atom. The molecule has 3 heterocycles. The smallest absolute Gasteiger partial charge is 0.411 e. The number of halogens is 2. The Morgan fingerprint density at radius 1 is 0.769 bits per heavy atom.